The lowest BCUT2D eigenvalue weighted by Gasteiger charge is -2.34. The largest absolute Gasteiger partial charge is 0.493 e. The monoisotopic (exact) mass is 566 g/mol. The van der Waals surface area contributed by atoms with Crippen molar-refractivity contribution in [3.05, 3.63) is 59.7 Å². The van der Waals surface area contributed by atoms with E-state index in [0.717, 1.165) is 48.8 Å². The number of nitrogens with zero attached hydrogens (tertiary/aromatic N) is 2. The fourth-order valence-corrected chi connectivity index (χ4v) is 3.90. The highest BCUT2D eigenvalue weighted by molar-refractivity contribution is 14.0. The van der Waals surface area contributed by atoms with Gasteiger partial charge < -0.3 is 25.0 Å². The Morgan fingerprint density at radius 1 is 1.09 bits per heavy atom. The third-order valence-electron chi connectivity index (χ3n) is 5.79. The lowest BCUT2D eigenvalue weighted by Crippen LogP contribution is -2.45. The minimum absolute atomic E-state index is 0. The van der Waals surface area contributed by atoms with Crippen molar-refractivity contribution in [2.45, 2.75) is 32.4 Å². The Kier molecular flexibility index (Phi) is 11.3. The molecule has 0 aliphatic carbocycles. The maximum absolute atomic E-state index is 11.6. The van der Waals surface area contributed by atoms with Crippen molar-refractivity contribution in [1.29, 1.82) is 0 Å². The third-order valence-corrected chi connectivity index (χ3v) is 5.79. The lowest BCUT2D eigenvalue weighted by atomic mass is 9.93. The molecule has 8 heteroatoms. The number of aliphatic imine (C=N–C) groups is 1. The highest BCUT2D eigenvalue weighted by Gasteiger charge is 2.23. The van der Waals surface area contributed by atoms with Crippen LogP contribution in [0.5, 0.6) is 11.5 Å². The molecule has 0 atom stereocenters. The van der Waals surface area contributed by atoms with Crippen LogP contribution in [0.4, 0.5) is 0 Å². The molecule has 2 aromatic rings. The Balaban J connectivity index is 0.00000385. The highest BCUT2D eigenvalue weighted by Crippen LogP contribution is 2.29. The first kappa shape index (κ1) is 26.8. The SMILES string of the molecule is CN=C(NCc1ccc(OCc2ccccc2)c(OC)c1)N1CCC(CC(=O)NC)CC1.I. The van der Waals surface area contributed by atoms with E-state index in [-0.39, 0.29) is 29.9 Å². The number of amides is 1. The van der Waals surface area contributed by atoms with E-state index in [1.807, 2.05) is 48.5 Å². The van der Waals surface area contributed by atoms with Crippen LogP contribution in [0.15, 0.2) is 53.5 Å². The maximum atomic E-state index is 11.6. The van der Waals surface area contributed by atoms with E-state index >= 15 is 0 Å². The van der Waals surface area contributed by atoms with E-state index in [1.54, 1.807) is 21.2 Å². The summed E-state index contributed by atoms with van der Waals surface area (Å²) < 4.78 is 11.5. The second kappa shape index (κ2) is 13.9. The zero-order valence-corrected chi connectivity index (χ0v) is 22.0. The van der Waals surface area contributed by atoms with Gasteiger partial charge in [0.1, 0.15) is 6.61 Å². The van der Waals surface area contributed by atoms with Crippen LogP contribution < -0.4 is 20.1 Å². The Labute approximate surface area is 214 Å². The van der Waals surface area contributed by atoms with Crippen molar-refractivity contribution in [1.82, 2.24) is 15.5 Å². The molecule has 1 amide bonds. The van der Waals surface area contributed by atoms with Crippen LogP contribution in [0.3, 0.4) is 0 Å². The van der Waals surface area contributed by atoms with Crippen molar-refractivity contribution in [2.24, 2.45) is 10.9 Å². The Morgan fingerprint density at radius 3 is 2.45 bits per heavy atom. The first-order chi connectivity index (χ1) is 15.6. The third kappa shape index (κ3) is 8.10. The van der Waals surface area contributed by atoms with E-state index in [0.29, 0.717) is 31.2 Å². The molecule has 0 bridgehead atoms. The van der Waals surface area contributed by atoms with Crippen LogP contribution in [-0.4, -0.2) is 51.1 Å². The minimum atomic E-state index is 0. The summed E-state index contributed by atoms with van der Waals surface area (Å²) in [5.74, 6) is 2.88. The zero-order valence-electron chi connectivity index (χ0n) is 19.7. The minimum Gasteiger partial charge on any atom is -0.493 e. The fraction of sp³-hybridized carbons (Fsp3) is 0.440. The summed E-state index contributed by atoms with van der Waals surface area (Å²) in [7, 11) is 5.16. The number of halogens is 1. The maximum Gasteiger partial charge on any atom is 0.220 e. The van der Waals surface area contributed by atoms with Crippen molar-refractivity contribution < 1.29 is 14.3 Å². The van der Waals surface area contributed by atoms with Gasteiger partial charge in [-0.1, -0.05) is 36.4 Å². The summed E-state index contributed by atoms with van der Waals surface area (Å²) in [4.78, 5) is 18.3. The van der Waals surface area contributed by atoms with Gasteiger partial charge in [-0.25, -0.2) is 0 Å². The van der Waals surface area contributed by atoms with Crippen molar-refractivity contribution >= 4 is 35.8 Å². The number of benzene rings is 2. The molecule has 0 spiro atoms. The van der Waals surface area contributed by atoms with Crippen molar-refractivity contribution in [3.8, 4) is 11.5 Å². The molecule has 7 nitrogen and oxygen atoms in total. The number of methoxy groups -OCH3 is 1. The molecule has 0 radical (unpaired) electrons. The number of hydrogen-bond acceptors (Lipinski definition) is 4. The first-order valence-electron chi connectivity index (χ1n) is 11.1. The number of ether oxygens (including phenoxy) is 2. The van der Waals surface area contributed by atoms with E-state index in [1.165, 1.54) is 0 Å². The van der Waals surface area contributed by atoms with Gasteiger partial charge in [0.25, 0.3) is 0 Å². The molecule has 1 aliphatic rings. The van der Waals surface area contributed by atoms with E-state index in [9.17, 15) is 4.79 Å². The lowest BCUT2D eigenvalue weighted by molar-refractivity contribution is -0.121. The molecule has 1 heterocycles. The van der Waals surface area contributed by atoms with Crippen LogP contribution in [0.25, 0.3) is 0 Å². The smallest absolute Gasteiger partial charge is 0.220 e. The molecule has 1 saturated heterocycles. The van der Waals surface area contributed by atoms with Crippen LogP contribution in [0.2, 0.25) is 0 Å². The van der Waals surface area contributed by atoms with Gasteiger partial charge in [0.2, 0.25) is 5.91 Å². The molecule has 180 valence electrons. The number of carbonyl (C=O) groups excluding carboxylic acids is 1. The molecule has 0 unspecified atom stereocenters. The van der Waals surface area contributed by atoms with Gasteiger partial charge >= 0.3 is 0 Å². The van der Waals surface area contributed by atoms with Gasteiger partial charge in [-0.15, -0.1) is 24.0 Å². The average Bonchev–Trinajstić information content (AvgIpc) is 2.84. The number of rotatable bonds is 8. The van der Waals surface area contributed by atoms with Gasteiger partial charge in [-0.3, -0.25) is 9.79 Å². The van der Waals surface area contributed by atoms with Crippen molar-refractivity contribution in [3.63, 3.8) is 0 Å². The predicted octanol–water partition coefficient (Wildman–Crippen LogP) is 3.82. The Hall–Kier alpha value is -2.49. The fourth-order valence-electron chi connectivity index (χ4n) is 3.90. The summed E-state index contributed by atoms with van der Waals surface area (Å²) in [5.41, 5.74) is 2.20. The summed E-state index contributed by atoms with van der Waals surface area (Å²) >= 11 is 0. The number of nitrogens with one attached hydrogen (secondary N) is 2. The van der Waals surface area contributed by atoms with Gasteiger partial charge in [0.05, 0.1) is 7.11 Å². The van der Waals surface area contributed by atoms with Gasteiger partial charge in [-0.05, 0) is 42.0 Å². The normalized spacial score (nSPS) is 14.3. The summed E-state index contributed by atoms with van der Waals surface area (Å²) in [6, 6.07) is 16.1. The molecule has 0 aromatic heterocycles. The number of guanidine groups is 1. The number of hydrogen-bond donors (Lipinski definition) is 2. The molecular formula is C25H35IN4O3. The Bertz CT molecular complexity index is 900. The van der Waals surface area contributed by atoms with Gasteiger partial charge in [-0.2, -0.15) is 0 Å². The summed E-state index contributed by atoms with van der Waals surface area (Å²) in [5, 5.41) is 6.17. The molecular weight excluding hydrogens is 531 g/mol. The van der Waals surface area contributed by atoms with Crippen LogP contribution in [0.1, 0.15) is 30.4 Å². The second-order valence-corrected chi connectivity index (χ2v) is 7.97. The average molecular weight is 566 g/mol. The van der Waals surface area contributed by atoms with E-state index < -0.39 is 0 Å². The number of carbonyl (C=O) groups is 1. The molecule has 2 N–H and O–H groups in total. The summed E-state index contributed by atoms with van der Waals surface area (Å²) in [6.07, 6.45) is 2.60. The molecule has 0 saturated carbocycles. The van der Waals surface area contributed by atoms with Crippen LogP contribution in [-0.2, 0) is 17.9 Å². The standard InChI is InChI=1S/C25H34N4O3.HI/c1-26-24(30)16-19-11-13-29(14-12-19)25(27-2)28-17-21-9-10-22(23(15-21)31-3)32-18-20-7-5-4-6-8-20;/h4-10,15,19H,11-14,16-18H2,1-3H3,(H,26,30)(H,27,28);1H. The first-order valence-corrected chi connectivity index (χ1v) is 11.1. The number of likely N-dealkylation sites (tertiary alicyclic amines) is 1. The quantitative estimate of drug-likeness (QED) is 0.289. The van der Waals surface area contributed by atoms with Gasteiger partial charge in [0.15, 0.2) is 17.5 Å². The Morgan fingerprint density at radius 2 is 1.82 bits per heavy atom. The zero-order chi connectivity index (χ0) is 22.8. The van der Waals surface area contributed by atoms with Crippen LogP contribution >= 0.6 is 24.0 Å². The predicted molar refractivity (Wildman–Crippen MR) is 142 cm³/mol. The van der Waals surface area contributed by atoms with Crippen molar-refractivity contribution in [2.75, 3.05) is 34.3 Å². The molecule has 3 rings (SSSR count). The van der Waals surface area contributed by atoms with Gasteiger partial charge in [0, 0.05) is 40.2 Å². The molecule has 1 fully saturated rings. The van der Waals surface area contributed by atoms with Crippen LogP contribution in [0, 0.1) is 5.92 Å². The molecule has 1 aliphatic heterocycles. The van der Waals surface area contributed by atoms with E-state index in [4.69, 9.17) is 9.47 Å². The summed E-state index contributed by atoms with van der Waals surface area (Å²) in [6.45, 7) is 2.94. The van der Waals surface area contributed by atoms with E-state index in [2.05, 4.69) is 20.5 Å². The highest BCUT2D eigenvalue weighted by atomic mass is 127. The molecule has 33 heavy (non-hydrogen) atoms. The number of piperidine rings is 1. The molecule has 2 aromatic carbocycles. The topological polar surface area (TPSA) is 75.2 Å². The second-order valence-electron chi connectivity index (χ2n) is 7.97.